The molecule has 0 bridgehead atoms. The molecule has 2 N–H and O–H groups in total. The van der Waals surface area contributed by atoms with E-state index >= 15 is 0 Å². The van der Waals surface area contributed by atoms with Gasteiger partial charge in [0.2, 0.25) is 5.88 Å². The number of rotatable bonds is 6. The van der Waals surface area contributed by atoms with Crippen molar-refractivity contribution < 1.29 is 9.53 Å². The minimum Gasteiger partial charge on any atom is -0.481 e. The Kier molecular flexibility index (Phi) is 5.71. The summed E-state index contributed by atoms with van der Waals surface area (Å²) in [5, 5.41) is 10.3. The number of aromatic nitrogens is 3. The summed E-state index contributed by atoms with van der Waals surface area (Å²) in [6.07, 6.45) is 1.68. The standard InChI is InChI=1S/C20H23N5O2/c1-14-18(15(2)25(24-14)17-7-5-4-6-8-17)13-23-20(26)22-12-16-9-10-19(27-3)21-11-16/h4-11H,12-13H2,1-3H3,(H2,22,23,26). The lowest BCUT2D eigenvalue weighted by molar-refractivity contribution is 0.240. The van der Waals surface area contributed by atoms with Crippen molar-refractivity contribution in [3.8, 4) is 11.6 Å². The molecule has 0 saturated heterocycles. The van der Waals surface area contributed by atoms with Crippen molar-refractivity contribution in [2.45, 2.75) is 26.9 Å². The van der Waals surface area contributed by atoms with Gasteiger partial charge in [0.15, 0.2) is 0 Å². The second-order valence-electron chi connectivity index (χ2n) is 6.14. The summed E-state index contributed by atoms with van der Waals surface area (Å²) < 4.78 is 6.92. The van der Waals surface area contributed by atoms with Crippen LogP contribution in [0.25, 0.3) is 5.69 Å². The maximum atomic E-state index is 12.1. The van der Waals surface area contributed by atoms with Gasteiger partial charge >= 0.3 is 6.03 Å². The Morgan fingerprint density at radius 3 is 2.48 bits per heavy atom. The van der Waals surface area contributed by atoms with E-state index in [9.17, 15) is 4.79 Å². The molecule has 2 aromatic heterocycles. The number of methoxy groups -OCH3 is 1. The van der Waals surface area contributed by atoms with E-state index in [1.807, 2.05) is 54.9 Å². The van der Waals surface area contributed by atoms with Crippen LogP contribution in [-0.2, 0) is 13.1 Å². The first-order valence-electron chi connectivity index (χ1n) is 8.69. The molecule has 7 heteroatoms. The van der Waals surface area contributed by atoms with Crippen LogP contribution in [0.3, 0.4) is 0 Å². The molecular weight excluding hydrogens is 342 g/mol. The fraction of sp³-hybridized carbons (Fsp3) is 0.250. The third-order valence-electron chi connectivity index (χ3n) is 4.33. The molecule has 0 atom stereocenters. The van der Waals surface area contributed by atoms with Crippen LogP contribution in [0.15, 0.2) is 48.7 Å². The molecule has 140 valence electrons. The lowest BCUT2D eigenvalue weighted by atomic mass is 10.2. The first-order valence-corrected chi connectivity index (χ1v) is 8.69. The number of amides is 2. The highest BCUT2D eigenvalue weighted by molar-refractivity contribution is 5.73. The van der Waals surface area contributed by atoms with Crippen molar-refractivity contribution in [1.29, 1.82) is 0 Å². The van der Waals surface area contributed by atoms with Crippen LogP contribution in [0, 0.1) is 13.8 Å². The van der Waals surface area contributed by atoms with Crippen LogP contribution in [0.2, 0.25) is 0 Å². The molecular formula is C20H23N5O2. The molecule has 0 unspecified atom stereocenters. The smallest absolute Gasteiger partial charge is 0.315 e. The molecule has 0 spiro atoms. The SMILES string of the molecule is COc1ccc(CNC(=O)NCc2c(C)nn(-c3ccccc3)c2C)cn1. The number of carbonyl (C=O) groups excluding carboxylic acids is 1. The van der Waals surface area contributed by atoms with Gasteiger partial charge in [0.25, 0.3) is 0 Å². The highest BCUT2D eigenvalue weighted by Crippen LogP contribution is 2.17. The van der Waals surface area contributed by atoms with E-state index in [1.165, 1.54) is 0 Å². The number of para-hydroxylation sites is 1. The predicted molar refractivity (Wildman–Crippen MR) is 103 cm³/mol. The van der Waals surface area contributed by atoms with Gasteiger partial charge in [-0.15, -0.1) is 0 Å². The van der Waals surface area contributed by atoms with Crippen molar-refractivity contribution in [2.75, 3.05) is 7.11 Å². The minimum absolute atomic E-state index is 0.239. The fourth-order valence-corrected chi connectivity index (χ4v) is 2.80. The molecule has 0 saturated carbocycles. The molecule has 7 nitrogen and oxygen atoms in total. The monoisotopic (exact) mass is 365 g/mol. The van der Waals surface area contributed by atoms with E-state index in [2.05, 4.69) is 20.7 Å². The number of urea groups is 1. The summed E-state index contributed by atoms with van der Waals surface area (Å²) in [7, 11) is 1.57. The van der Waals surface area contributed by atoms with E-state index in [4.69, 9.17) is 4.74 Å². The first-order chi connectivity index (χ1) is 13.1. The van der Waals surface area contributed by atoms with Crippen LogP contribution < -0.4 is 15.4 Å². The zero-order valence-corrected chi connectivity index (χ0v) is 15.7. The maximum Gasteiger partial charge on any atom is 0.315 e. The maximum absolute atomic E-state index is 12.1. The van der Waals surface area contributed by atoms with Gasteiger partial charge in [0.05, 0.1) is 18.5 Å². The summed E-state index contributed by atoms with van der Waals surface area (Å²) in [4.78, 5) is 16.2. The van der Waals surface area contributed by atoms with Gasteiger partial charge in [0, 0.05) is 36.6 Å². The van der Waals surface area contributed by atoms with Crippen LogP contribution in [0.4, 0.5) is 4.79 Å². The van der Waals surface area contributed by atoms with Crippen LogP contribution >= 0.6 is 0 Å². The number of nitrogens with zero attached hydrogens (tertiary/aromatic N) is 3. The summed E-state index contributed by atoms with van der Waals surface area (Å²) >= 11 is 0. The number of nitrogens with one attached hydrogen (secondary N) is 2. The summed E-state index contributed by atoms with van der Waals surface area (Å²) in [6.45, 7) is 4.76. The van der Waals surface area contributed by atoms with Gasteiger partial charge in [-0.25, -0.2) is 14.5 Å². The normalized spacial score (nSPS) is 10.5. The third-order valence-corrected chi connectivity index (χ3v) is 4.33. The van der Waals surface area contributed by atoms with E-state index in [1.54, 1.807) is 19.4 Å². The highest BCUT2D eigenvalue weighted by atomic mass is 16.5. The van der Waals surface area contributed by atoms with Crippen molar-refractivity contribution in [1.82, 2.24) is 25.4 Å². The van der Waals surface area contributed by atoms with Crippen LogP contribution in [-0.4, -0.2) is 27.9 Å². The Morgan fingerprint density at radius 2 is 1.81 bits per heavy atom. The second kappa shape index (κ2) is 8.35. The lowest BCUT2D eigenvalue weighted by Gasteiger charge is -2.09. The molecule has 27 heavy (non-hydrogen) atoms. The highest BCUT2D eigenvalue weighted by Gasteiger charge is 2.13. The Hall–Kier alpha value is -3.35. The van der Waals surface area contributed by atoms with Crippen LogP contribution in [0.5, 0.6) is 5.88 Å². The van der Waals surface area contributed by atoms with Gasteiger partial charge in [-0.05, 0) is 31.5 Å². The van der Waals surface area contributed by atoms with Crippen molar-refractivity contribution in [3.63, 3.8) is 0 Å². The number of pyridine rings is 1. The van der Waals surface area contributed by atoms with E-state index in [0.717, 1.165) is 28.2 Å². The predicted octanol–water partition coefficient (Wildman–Crippen LogP) is 2.89. The first kappa shape index (κ1) is 18.4. The third kappa shape index (κ3) is 4.44. The molecule has 3 rings (SSSR count). The fourth-order valence-electron chi connectivity index (χ4n) is 2.80. The van der Waals surface area contributed by atoms with Crippen molar-refractivity contribution >= 4 is 6.03 Å². The number of aryl methyl sites for hydroxylation is 1. The van der Waals surface area contributed by atoms with Gasteiger partial charge in [0.1, 0.15) is 0 Å². The van der Waals surface area contributed by atoms with Gasteiger partial charge in [-0.1, -0.05) is 24.3 Å². The van der Waals surface area contributed by atoms with Crippen molar-refractivity contribution in [3.05, 3.63) is 71.2 Å². The molecule has 0 radical (unpaired) electrons. The molecule has 3 aromatic rings. The zero-order chi connectivity index (χ0) is 19.2. The van der Waals surface area contributed by atoms with Crippen molar-refractivity contribution in [2.24, 2.45) is 0 Å². The number of carbonyl (C=O) groups is 1. The van der Waals surface area contributed by atoms with E-state index < -0.39 is 0 Å². The molecule has 0 fully saturated rings. The number of hydrogen-bond donors (Lipinski definition) is 2. The van der Waals surface area contributed by atoms with E-state index in [-0.39, 0.29) is 6.03 Å². The lowest BCUT2D eigenvalue weighted by Crippen LogP contribution is -2.34. The molecule has 0 aliphatic carbocycles. The summed E-state index contributed by atoms with van der Waals surface area (Å²) in [5.74, 6) is 0.546. The molecule has 2 heterocycles. The van der Waals surface area contributed by atoms with Gasteiger partial charge in [-0.3, -0.25) is 0 Å². The van der Waals surface area contributed by atoms with Crippen LogP contribution in [0.1, 0.15) is 22.5 Å². The molecule has 0 aliphatic rings. The summed E-state index contributed by atoms with van der Waals surface area (Å²) in [6, 6.07) is 13.3. The topological polar surface area (TPSA) is 81.1 Å². The van der Waals surface area contributed by atoms with Gasteiger partial charge < -0.3 is 15.4 Å². The second-order valence-corrected chi connectivity index (χ2v) is 6.14. The van der Waals surface area contributed by atoms with E-state index in [0.29, 0.717) is 19.0 Å². The summed E-state index contributed by atoms with van der Waals surface area (Å²) in [5.41, 5.74) is 4.82. The Balaban J connectivity index is 1.58. The van der Waals surface area contributed by atoms with Gasteiger partial charge in [-0.2, -0.15) is 5.10 Å². The molecule has 2 amide bonds. The Bertz CT molecular complexity index is 904. The minimum atomic E-state index is -0.239. The Labute approximate surface area is 158 Å². The number of ether oxygens (including phenoxy) is 1. The quantitative estimate of drug-likeness (QED) is 0.704. The molecule has 1 aromatic carbocycles. The number of hydrogen-bond acceptors (Lipinski definition) is 4. The largest absolute Gasteiger partial charge is 0.481 e. The zero-order valence-electron chi connectivity index (χ0n) is 15.7. The average molecular weight is 365 g/mol. The number of benzene rings is 1. The Morgan fingerprint density at radius 1 is 1.07 bits per heavy atom. The average Bonchev–Trinajstić information content (AvgIpc) is 2.99. The molecule has 0 aliphatic heterocycles.